The zero-order chi connectivity index (χ0) is 16.9. The average molecular weight is 339 g/mol. The fraction of sp³-hybridized carbons (Fsp3) is 0.263. The first-order chi connectivity index (χ1) is 11.7. The molecule has 5 heteroatoms. The topological polar surface area (TPSA) is 57.8 Å². The molecule has 4 nitrogen and oxygen atoms in total. The van der Waals surface area contributed by atoms with Gasteiger partial charge in [0.25, 0.3) is 5.91 Å². The van der Waals surface area contributed by atoms with Gasteiger partial charge in [0.2, 0.25) is 0 Å². The minimum absolute atomic E-state index is 0.0646. The quantitative estimate of drug-likeness (QED) is 0.711. The Hall–Kier alpha value is -2.27. The van der Waals surface area contributed by atoms with Gasteiger partial charge in [-0.1, -0.05) is 29.8 Å². The van der Waals surface area contributed by atoms with Crippen LogP contribution in [0.15, 0.2) is 48.5 Å². The minimum Gasteiger partial charge on any atom is -0.342 e. The summed E-state index contributed by atoms with van der Waals surface area (Å²) in [5, 5.41) is 3.13. The van der Waals surface area contributed by atoms with Crippen molar-refractivity contribution in [2.75, 3.05) is 12.0 Å². The van der Waals surface area contributed by atoms with E-state index in [2.05, 4.69) is 21.5 Å². The molecule has 0 bridgehead atoms. The summed E-state index contributed by atoms with van der Waals surface area (Å²) in [6.45, 7) is 1.99. The van der Waals surface area contributed by atoms with Crippen molar-refractivity contribution in [2.45, 2.75) is 19.4 Å². The number of aromatic amines is 1. The highest BCUT2D eigenvalue weighted by molar-refractivity contribution is 7.98. The van der Waals surface area contributed by atoms with Crippen molar-refractivity contribution in [1.82, 2.24) is 15.3 Å². The van der Waals surface area contributed by atoms with E-state index in [1.165, 1.54) is 0 Å². The SMILES string of the molecule is CSCC[C@H](NC(=O)c1cccc(C)c1)c1nc2ccccc2[nH]1. The first-order valence-corrected chi connectivity index (χ1v) is 9.38. The predicted octanol–water partition coefficient (Wildman–Crippen LogP) is 4.10. The number of imidazole rings is 1. The Morgan fingerprint density at radius 2 is 2.08 bits per heavy atom. The Bertz CT molecular complexity index is 810. The van der Waals surface area contributed by atoms with Crippen molar-refractivity contribution in [3.8, 4) is 0 Å². The molecular formula is C19H21N3OS. The van der Waals surface area contributed by atoms with Gasteiger partial charge in [0.05, 0.1) is 17.1 Å². The van der Waals surface area contributed by atoms with E-state index in [0.717, 1.165) is 34.6 Å². The van der Waals surface area contributed by atoms with E-state index >= 15 is 0 Å². The number of carbonyl (C=O) groups excluding carboxylic acids is 1. The molecular weight excluding hydrogens is 318 g/mol. The number of para-hydroxylation sites is 2. The number of nitrogens with zero attached hydrogens (tertiary/aromatic N) is 1. The second-order valence-electron chi connectivity index (χ2n) is 5.82. The lowest BCUT2D eigenvalue weighted by atomic mass is 10.1. The van der Waals surface area contributed by atoms with E-state index in [1.807, 2.05) is 55.5 Å². The molecule has 2 N–H and O–H groups in total. The molecule has 0 saturated carbocycles. The Balaban J connectivity index is 1.84. The van der Waals surface area contributed by atoms with Crippen LogP contribution in [0.2, 0.25) is 0 Å². The summed E-state index contributed by atoms with van der Waals surface area (Å²) in [6, 6.07) is 15.4. The number of H-pyrrole nitrogens is 1. The minimum atomic E-state index is -0.127. The molecule has 0 unspecified atom stereocenters. The van der Waals surface area contributed by atoms with E-state index in [1.54, 1.807) is 11.8 Å². The number of hydrogen-bond acceptors (Lipinski definition) is 3. The summed E-state index contributed by atoms with van der Waals surface area (Å²) in [7, 11) is 0. The van der Waals surface area contributed by atoms with Crippen molar-refractivity contribution < 1.29 is 4.79 Å². The highest BCUT2D eigenvalue weighted by Gasteiger charge is 2.19. The van der Waals surface area contributed by atoms with E-state index in [-0.39, 0.29) is 11.9 Å². The maximum atomic E-state index is 12.6. The van der Waals surface area contributed by atoms with E-state index in [9.17, 15) is 4.79 Å². The van der Waals surface area contributed by atoms with Crippen molar-refractivity contribution in [1.29, 1.82) is 0 Å². The number of amides is 1. The number of hydrogen-bond donors (Lipinski definition) is 2. The zero-order valence-electron chi connectivity index (χ0n) is 13.9. The number of benzene rings is 2. The molecule has 0 aliphatic carbocycles. The third-order valence-electron chi connectivity index (χ3n) is 3.93. The van der Waals surface area contributed by atoms with Crippen LogP contribution in [-0.2, 0) is 0 Å². The summed E-state index contributed by atoms with van der Waals surface area (Å²) in [5.41, 5.74) is 3.67. The van der Waals surface area contributed by atoms with Gasteiger partial charge in [-0.25, -0.2) is 4.98 Å². The third kappa shape index (κ3) is 3.79. The van der Waals surface area contributed by atoms with Crippen LogP contribution in [0, 0.1) is 6.92 Å². The highest BCUT2D eigenvalue weighted by Crippen LogP contribution is 2.20. The van der Waals surface area contributed by atoms with Gasteiger partial charge in [-0.3, -0.25) is 4.79 Å². The Morgan fingerprint density at radius 3 is 2.83 bits per heavy atom. The molecule has 0 fully saturated rings. The monoisotopic (exact) mass is 339 g/mol. The zero-order valence-corrected chi connectivity index (χ0v) is 14.7. The van der Waals surface area contributed by atoms with Crippen LogP contribution in [0.3, 0.4) is 0 Å². The molecule has 3 aromatic rings. The van der Waals surface area contributed by atoms with Gasteiger partial charge in [-0.2, -0.15) is 11.8 Å². The third-order valence-corrected chi connectivity index (χ3v) is 4.58. The number of rotatable bonds is 6. The lowest BCUT2D eigenvalue weighted by molar-refractivity contribution is 0.0934. The Labute approximate surface area is 146 Å². The van der Waals surface area contributed by atoms with Crippen LogP contribution in [0.25, 0.3) is 11.0 Å². The molecule has 0 saturated heterocycles. The standard InChI is InChI=1S/C19H21N3OS/c1-13-6-5-7-14(12-13)19(23)22-17(10-11-24-2)18-20-15-8-3-4-9-16(15)21-18/h3-9,12,17H,10-11H2,1-2H3,(H,20,21)(H,22,23)/t17-/m0/s1. The Morgan fingerprint density at radius 1 is 1.25 bits per heavy atom. The van der Waals surface area contributed by atoms with Crippen molar-refractivity contribution in [3.63, 3.8) is 0 Å². The predicted molar refractivity (Wildman–Crippen MR) is 100 cm³/mol. The molecule has 3 rings (SSSR count). The van der Waals surface area contributed by atoms with Crippen LogP contribution < -0.4 is 5.32 Å². The molecule has 24 heavy (non-hydrogen) atoms. The van der Waals surface area contributed by atoms with Crippen molar-refractivity contribution in [3.05, 3.63) is 65.5 Å². The molecule has 1 heterocycles. The molecule has 1 aromatic heterocycles. The van der Waals surface area contributed by atoms with Gasteiger partial charge in [-0.05, 0) is 49.6 Å². The second kappa shape index (κ2) is 7.53. The molecule has 0 spiro atoms. The van der Waals surface area contributed by atoms with E-state index in [4.69, 9.17) is 0 Å². The highest BCUT2D eigenvalue weighted by atomic mass is 32.2. The van der Waals surface area contributed by atoms with Gasteiger partial charge in [0.15, 0.2) is 0 Å². The molecule has 0 radical (unpaired) electrons. The number of thioether (sulfide) groups is 1. The van der Waals surface area contributed by atoms with Gasteiger partial charge in [-0.15, -0.1) is 0 Å². The van der Waals surface area contributed by atoms with Crippen LogP contribution in [-0.4, -0.2) is 27.9 Å². The first-order valence-electron chi connectivity index (χ1n) is 7.98. The molecule has 1 amide bonds. The number of fused-ring (bicyclic) bond motifs is 1. The number of nitrogens with one attached hydrogen (secondary N) is 2. The summed E-state index contributed by atoms with van der Waals surface area (Å²) >= 11 is 1.76. The van der Waals surface area contributed by atoms with Gasteiger partial charge in [0, 0.05) is 5.56 Å². The maximum absolute atomic E-state index is 12.6. The van der Waals surface area contributed by atoms with E-state index < -0.39 is 0 Å². The fourth-order valence-corrected chi connectivity index (χ4v) is 3.15. The molecule has 0 aliphatic heterocycles. The van der Waals surface area contributed by atoms with Crippen LogP contribution in [0.5, 0.6) is 0 Å². The summed E-state index contributed by atoms with van der Waals surface area (Å²) in [5.74, 6) is 1.70. The lowest BCUT2D eigenvalue weighted by Gasteiger charge is -2.16. The van der Waals surface area contributed by atoms with Gasteiger partial charge < -0.3 is 10.3 Å². The van der Waals surface area contributed by atoms with Gasteiger partial charge >= 0.3 is 0 Å². The average Bonchev–Trinajstić information content (AvgIpc) is 3.02. The van der Waals surface area contributed by atoms with Crippen molar-refractivity contribution >= 4 is 28.7 Å². The molecule has 0 aliphatic rings. The number of carbonyl (C=O) groups is 1. The van der Waals surface area contributed by atoms with Crippen LogP contribution in [0.4, 0.5) is 0 Å². The smallest absolute Gasteiger partial charge is 0.251 e. The van der Waals surface area contributed by atoms with Gasteiger partial charge in [0.1, 0.15) is 5.82 Å². The molecule has 2 aromatic carbocycles. The molecule has 1 atom stereocenters. The van der Waals surface area contributed by atoms with E-state index in [0.29, 0.717) is 5.56 Å². The summed E-state index contributed by atoms with van der Waals surface area (Å²) in [6.07, 6.45) is 2.90. The number of aryl methyl sites for hydroxylation is 1. The second-order valence-corrected chi connectivity index (χ2v) is 6.80. The lowest BCUT2D eigenvalue weighted by Crippen LogP contribution is -2.29. The summed E-state index contributed by atoms with van der Waals surface area (Å²) < 4.78 is 0. The van der Waals surface area contributed by atoms with Crippen LogP contribution >= 0.6 is 11.8 Å². The summed E-state index contributed by atoms with van der Waals surface area (Å²) in [4.78, 5) is 20.6. The Kier molecular flexibility index (Phi) is 5.20. The number of aromatic nitrogens is 2. The van der Waals surface area contributed by atoms with Crippen LogP contribution in [0.1, 0.15) is 34.2 Å². The van der Waals surface area contributed by atoms with Crippen molar-refractivity contribution in [2.24, 2.45) is 0 Å². The first kappa shape index (κ1) is 16.6. The normalized spacial score (nSPS) is 12.2. The maximum Gasteiger partial charge on any atom is 0.251 e. The fourth-order valence-electron chi connectivity index (χ4n) is 2.68. The molecule has 124 valence electrons. The largest absolute Gasteiger partial charge is 0.342 e.